The van der Waals surface area contributed by atoms with Crippen molar-refractivity contribution in [2.24, 2.45) is 0 Å². The molecule has 1 aliphatic heterocycles. The van der Waals surface area contributed by atoms with Crippen molar-refractivity contribution < 1.29 is 4.74 Å². The Kier molecular flexibility index (Phi) is 3.96. The maximum atomic E-state index is 5.41. The largest absolute Gasteiger partial charge is 0.476 e. The fourth-order valence-corrected chi connectivity index (χ4v) is 1.55. The summed E-state index contributed by atoms with van der Waals surface area (Å²) >= 11 is 3.37. The molecule has 1 aliphatic rings. The number of hydrogen-bond donors (Lipinski definition) is 1. The minimum absolute atomic E-state index is 0. The van der Waals surface area contributed by atoms with Gasteiger partial charge in [0.15, 0.2) is 0 Å². The van der Waals surface area contributed by atoms with Crippen LogP contribution in [0.4, 0.5) is 0 Å². The summed E-state index contributed by atoms with van der Waals surface area (Å²) in [7, 11) is 0. The van der Waals surface area contributed by atoms with Crippen LogP contribution in [-0.4, -0.2) is 18.1 Å². The zero-order valence-corrected chi connectivity index (χ0v) is 9.32. The van der Waals surface area contributed by atoms with E-state index >= 15 is 0 Å². The number of pyridine rings is 1. The normalized spacial score (nSPS) is 14.8. The number of nitrogens with one attached hydrogen (secondary N) is 1. The lowest BCUT2D eigenvalue weighted by molar-refractivity contribution is 0.314. The van der Waals surface area contributed by atoms with Gasteiger partial charge in [-0.15, -0.1) is 12.4 Å². The molecule has 0 saturated carbocycles. The van der Waals surface area contributed by atoms with E-state index in [4.69, 9.17) is 4.74 Å². The molecule has 0 amide bonds. The van der Waals surface area contributed by atoms with Gasteiger partial charge in [0.1, 0.15) is 6.61 Å². The second kappa shape index (κ2) is 4.79. The number of ether oxygens (including phenoxy) is 1. The van der Waals surface area contributed by atoms with Crippen molar-refractivity contribution in [3.63, 3.8) is 0 Å². The number of nitrogens with zero attached hydrogens (tertiary/aromatic N) is 1. The van der Waals surface area contributed by atoms with Gasteiger partial charge in [0.05, 0.1) is 0 Å². The molecule has 0 unspecified atom stereocenters. The lowest BCUT2D eigenvalue weighted by Gasteiger charge is -2.03. The molecule has 0 aromatic carbocycles. The van der Waals surface area contributed by atoms with Gasteiger partial charge in [-0.3, -0.25) is 0 Å². The fraction of sp³-hybridized carbons (Fsp3) is 0.375. The molecule has 1 aromatic rings. The third-order valence-electron chi connectivity index (χ3n) is 1.73. The standard InChI is InChI=1S/C8H9BrN2O.ClH/c9-7-3-6-4-10-1-2-12-8(6)11-5-7;/h3,5,10H,1-2,4H2;1H. The highest BCUT2D eigenvalue weighted by atomic mass is 79.9. The van der Waals surface area contributed by atoms with Crippen molar-refractivity contribution in [1.29, 1.82) is 0 Å². The zero-order valence-electron chi connectivity index (χ0n) is 6.92. The van der Waals surface area contributed by atoms with Crippen LogP contribution in [-0.2, 0) is 6.54 Å². The maximum absolute atomic E-state index is 5.41. The average Bonchev–Trinajstić information content (AvgIpc) is 2.28. The van der Waals surface area contributed by atoms with Crippen LogP contribution in [0, 0.1) is 0 Å². The first-order valence-electron chi connectivity index (χ1n) is 3.84. The van der Waals surface area contributed by atoms with Crippen molar-refractivity contribution in [1.82, 2.24) is 10.3 Å². The third kappa shape index (κ3) is 2.56. The first kappa shape index (κ1) is 10.8. The molecule has 72 valence electrons. The highest BCUT2D eigenvalue weighted by Gasteiger charge is 2.08. The Morgan fingerprint density at radius 3 is 3.23 bits per heavy atom. The van der Waals surface area contributed by atoms with E-state index in [1.807, 2.05) is 6.07 Å². The molecule has 0 aliphatic carbocycles. The summed E-state index contributed by atoms with van der Waals surface area (Å²) in [5.74, 6) is 0.753. The number of aromatic nitrogens is 1. The lowest BCUT2D eigenvalue weighted by Crippen LogP contribution is -2.16. The molecule has 1 N–H and O–H groups in total. The predicted molar refractivity (Wildman–Crippen MR) is 56.4 cm³/mol. The third-order valence-corrected chi connectivity index (χ3v) is 2.16. The summed E-state index contributed by atoms with van der Waals surface area (Å²) in [5.41, 5.74) is 1.11. The van der Waals surface area contributed by atoms with Gasteiger partial charge in [0.25, 0.3) is 0 Å². The molecule has 2 rings (SSSR count). The lowest BCUT2D eigenvalue weighted by atomic mass is 10.3. The first-order valence-corrected chi connectivity index (χ1v) is 4.63. The van der Waals surface area contributed by atoms with E-state index < -0.39 is 0 Å². The number of fused-ring (bicyclic) bond motifs is 1. The van der Waals surface area contributed by atoms with Gasteiger partial charge >= 0.3 is 0 Å². The molecule has 0 atom stereocenters. The predicted octanol–water partition coefficient (Wildman–Crippen LogP) is 1.75. The Morgan fingerprint density at radius 1 is 1.54 bits per heavy atom. The van der Waals surface area contributed by atoms with Crippen molar-refractivity contribution in [2.45, 2.75) is 6.54 Å². The molecule has 0 bridgehead atoms. The Balaban J connectivity index is 0.000000845. The zero-order chi connectivity index (χ0) is 8.39. The number of rotatable bonds is 0. The van der Waals surface area contributed by atoms with Crippen LogP contribution in [0.1, 0.15) is 5.56 Å². The van der Waals surface area contributed by atoms with Crippen molar-refractivity contribution in [3.8, 4) is 5.88 Å². The molecule has 0 fully saturated rings. The van der Waals surface area contributed by atoms with Crippen LogP contribution in [0.3, 0.4) is 0 Å². The van der Waals surface area contributed by atoms with Gasteiger partial charge in [0.2, 0.25) is 5.88 Å². The minimum Gasteiger partial charge on any atom is -0.476 e. The molecule has 0 spiro atoms. The minimum atomic E-state index is 0. The second-order valence-corrected chi connectivity index (χ2v) is 3.56. The quantitative estimate of drug-likeness (QED) is 0.776. The van der Waals surface area contributed by atoms with Crippen LogP contribution in [0.25, 0.3) is 0 Å². The Bertz CT molecular complexity index is 295. The summed E-state index contributed by atoms with van der Waals surface area (Å²) < 4.78 is 6.40. The van der Waals surface area contributed by atoms with E-state index in [9.17, 15) is 0 Å². The van der Waals surface area contributed by atoms with Crippen LogP contribution in [0.2, 0.25) is 0 Å². The SMILES string of the molecule is Brc1cnc2c(c1)CNCCO2.Cl. The molecule has 3 nitrogen and oxygen atoms in total. The van der Waals surface area contributed by atoms with Gasteiger partial charge in [-0.05, 0) is 22.0 Å². The monoisotopic (exact) mass is 264 g/mol. The smallest absolute Gasteiger partial charge is 0.217 e. The molecule has 1 aromatic heterocycles. The highest BCUT2D eigenvalue weighted by Crippen LogP contribution is 2.20. The van der Waals surface area contributed by atoms with Gasteiger partial charge < -0.3 is 10.1 Å². The van der Waals surface area contributed by atoms with Gasteiger partial charge in [-0.1, -0.05) is 0 Å². The fourth-order valence-electron chi connectivity index (χ4n) is 1.17. The number of halogens is 2. The van der Waals surface area contributed by atoms with Crippen molar-refractivity contribution >= 4 is 28.3 Å². The molecule has 0 radical (unpaired) electrons. The maximum Gasteiger partial charge on any atom is 0.217 e. The van der Waals surface area contributed by atoms with E-state index in [1.54, 1.807) is 6.20 Å². The van der Waals surface area contributed by atoms with Crippen LogP contribution >= 0.6 is 28.3 Å². The van der Waals surface area contributed by atoms with Gasteiger partial charge in [-0.25, -0.2) is 4.98 Å². The summed E-state index contributed by atoms with van der Waals surface area (Å²) in [6.07, 6.45) is 1.75. The Labute approximate surface area is 91.4 Å². The van der Waals surface area contributed by atoms with Crippen LogP contribution < -0.4 is 10.1 Å². The molecule has 13 heavy (non-hydrogen) atoms. The first-order chi connectivity index (χ1) is 5.86. The number of hydrogen-bond acceptors (Lipinski definition) is 3. The molecular weight excluding hydrogens is 255 g/mol. The van der Waals surface area contributed by atoms with E-state index in [0.29, 0.717) is 6.61 Å². The summed E-state index contributed by atoms with van der Waals surface area (Å²) in [6.45, 7) is 2.41. The van der Waals surface area contributed by atoms with Gasteiger partial charge in [0, 0.05) is 29.3 Å². The van der Waals surface area contributed by atoms with E-state index in [1.165, 1.54) is 0 Å². The summed E-state index contributed by atoms with van der Waals surface area (Å²) in [6, 6.07) is 2.03. The second-order valence-electron chi connectivity index (χ2n) is 2.64. The van der Waals surface area contributed by atoms with E-state index in [2.05, 4.69) is 26.2 Å². The van der Waals surface area contributed by atoms with Crippen molar-refractivity contribution in [2.75, 3.05) is 13.2 Å². The Hall–Kier alpha value is -0.320. The van der Waals surface area contributed by atoms with E-state index in [-0.39, 0.29) is 12.4 Å². The van der Waals surface area contributed by atoms with Crippen LogP contribution in [0.5, 0.6) is 5.88 Å². The summed E-state index contributed by atoms with van der Waals surface area (Å²) in [5, 5.41) is 3.24. The molecular formula is C8H10BrClN2O. The highest BCUT2D eigenvalue weighted by molar-refractivity contribution is 9.10. The molecule has 0 saturated heterocycles. The Morgan fingerprint density at radius 2 is 2.38 bits per heavy atom. The van der Waals surface area contributed by atoms with Crippen LogP contribution in [0.15, 0.2) is 16.7 Å². The molecule has 5 heteroatoms. The topological polar surface area (TPSA) is 34.2 Å². The van der Waals surface area contributed by atoms with E-state index in [0.717, 1.165) is 29.0 Å². The average molecular weight is 266 g/mol. The van der Waals surface area contributed by atoms with Gasteiger partial charge in [-0.2, -0.15) is 0 Å². The summed E-state index contributed by atoms with van der Waals surface area (Å²) in [4.78, 5) is 4.17. The molecule has 2 heterocycles. The van der Waals surface area contributed by atoms with Crippen molar-refractivity contribution in [3.05, 3.63) is 22.3 Å².